The summed E-state index contributed by atoms with van der Waals surface area (Å²) < 4.78 is 0. The Kier molecular flexibility index (Phi) is 6.55. The third kappa shape index (κ3) is 4.83. The lowest BCUT2D eigenvalue weighted by atomic mass is 10.2. The third-order valence-electron chi connectivity index (χ3n) is 4.47. The Morgan fingerprint density at radius 2 is 1.50 bits per heavy atom. The second kappa shape index (κ2) is 9.09. The first-order chi connectivity index (χ1) is 13.5. The molecule has 0 saturated heterocycles. The maximum absolute atomic E-state index is 6.17. The second-order valence-corrected chi connectivity index (χ2v) is 7.65. The van der Waals surface area contributed by atoms with E-state index in [4.69, 9.17) is 23.8 Å². The van der Waals surface area contributed by atoms with Gasteiger partial charge in [-0.25, -0.2) is 0 Å². The van der Waals surface area contributed by atoms with Gasteiger partial charge in [0.2, 0.25) is 0 Å². The molecular weight excluding hydrogens is 386 g/mol. The summed E-state index contributed by atoms with van der Waals surface area (Å²) in [4.78, 5) is 2.30. The van der Waals surface area contributed by atoms with Crippen LogP contribution in [-0.2, 0) is 0 Å². The van der Waals surface area contributed by atoms with Gasteiger partial charge in [0.05, 0.1) is 0 Å². The van der Waals surface area contributed by atoms with E-state index in [0.717, 1.165) is 22.6 Å². The van der Waals surface area contributed by atoms with Crippen molar-refractivity contribution < 1.29 is 0 Å². The lowest BCUT2D eigenvalue weighted by molar-refractivity contribution is 0.789. The van der Waals surface area contributed by atoms with Crippen LogP contribution in [0.4, 0.5) is 22.7 Å². The number of thiocarbonyl (C=S) groups is 1. The van der Waals surface area contributed by atoms with Crippen molar-refractivity contribution in [1.82, 2.24) is 0 Å². The zero-order chi connectivity index (χ0) is 20.1. The topological polar surface area (TPSA) is 27.3 Å². The highest BCUT2D eigenvalue weighted by molar-refractivity contribution is 7.80. The average Bonchev–Trinajstić information content (AvgIpc) is 2.67. The van der Waals surface area contributed by atoms with Crippen LogP contribution in [0, 0.1) is 6.92 Å². The van der Waals surface area contributed by atoms with Crippen LogP contribution >= 0.6 is 23.8 Å². The third-order valence-corrected chi connectivity index (χ3v) is 5.08. The fourth-order valence-corrected chi connectivity index (χ4v) is 3.47. The van der Waals surface area contributed by atoms with Gasteiger partial charge in [-0.1, -0.05) is 35.9 Å². The molecule has 3 nitrogen and oxygen atoms in total. The minimum absolute atomic E-state index is 0.342. The normalized spacial score (nSPS) is 10.6. The number of hydrogen-bond acceptors (Lipinski definition) is 2. The quantitative estimate of drug-likeness (QED) is 0.443. The number of nitrogens with zero attached hydrogens (tertiary/aromatic N) is 1. The van der Waals surface area contributed by atoms with Gasteiger partial charge in [-0.05, 0) is 87.1 Å². The van der Waals surface area contributed by atoms with Crippen molar-refractivity contribution in [3.63, 3.8) is 0 Å². The summed E-state index contributed by atoms with van der Waals surface area (Å²) in [6, 6.07) is 24.7. The van der Waals surface area contributed by atoms with Crippen molar-refractivity contribution in [1.29, 1.82) is 0 Å². The zero-order valence-corrected chi connectivity index (χ0v) is 17.8. The lowest BCUT2D eigenvalue weighted by Crippen LogP contribution is -2.25. The number of benzene rings is 3. The van der Waals surface area contributed by atoms with E-state index in [0.29, 0.717) is 16.2 Å². The van der Waals surface area contributed by atoms with E-state index in [1.807, 2.05) is 43.3 Å². The number of para-hydroxylation sites is 1. The molecule has 0 unspecified atom stereocenters. The molecule has 3 aromatic rings. The highest BCUT2D eigenvalue weighted by atomic mass is 35.5. The summed E-state index contributed by atoms with van der Waals surface area (Å²) >= 11 is 11.6. The van der Waals surface area contributed by atoms with E-state index in [1.54, 1.807) is 0 Å². The Hall–Kier alpha value is -2.56. The van der Waals surface area contributed by atoms with Gasteiger partial charge in [0, 0.05) is 33.8 Å². The summed E-state index contributed by atoms with van der Waals surface area (Å²) in [5, 5.41) is 7.68. The van der Waals surface area contributed by atoms with Crippen LogP contribution in [0.2, 0.25) is 5.02 Å². The molecule has 0 fully saturated rings. The van der Waals surface area contributed by atoms with Gasteiger partial charge in [0.1, 0.15) is 0 Å². The summed E-state index contributed by atoms with van der Waals surface area (Å²) in [6.07, 6.45) is 0. The van der Waals surface area contributed by atoms with Crippen molar-refractivity contribution in [3.8, 4) is 0 Å². The van der Waals surface area contributed by atoms with Gasteiger partial charge in [0.15, 0.2) is 5.11 Å². The van der Waals surface area contributed by atoms with E-state index in [2.05, 4.69) is 65.8 Å². The molecule has 0 radical (unpaired) electrons. The summed E-state index contributed by atoms with van der Waals surface area (Å²) in [5.74, 6) is 0. The van der Waals surface area contributed by atoms with Crippen LogP contribution < -0.4 is 15.5 Å². The Labute approximate surface area is 177 Å². The molecule has 0 heterocycles. The summed E-state index contributed by atoms with van der Waals surface area (Å²) in [6.45, 7) is 6.34. The lowest BCUT2D eigenvalue weighted by Gasteiger charge is -2.29. The van der Waals surface area contributed by atoms with Gasteiger partial charge in [-0.15, -0.1) is 0 Å². The number of nitrogens with one attached hydrogen (secondary N) is 2. The van der Waals surface area contributed by atoms with Crippen LogP contribution in [0.1, 0.15) is 19.4 Å². The Morgan fingerprint density at radius 1 is 0.857 bits per heavy atom. The SMILES string of the molecule is Cc1c(Cl)cccc1NC(=S)Nc1ccc(N(c2ccccc2)C(C)C)cc1. The highest BCUT2D eigenvalue weighted by Gasteiger charge is 2.13. The molecule has 3 rings (SSSR count). The molecule has 0 aliphatic carbocycles. The Morgan fingerprint density at radius 3 is 2.14 bits per heavy atom. The van der Waals surface area contributed by atoms with E-state index in [-0.39, 0.29) is 0 Å². The predicted molar refractivity (Wildman–Crippen MR) is 126 cm³/mol. The van der Waals surface area contributed by atoms with Crippen molar-refractivity contribution in [2.24, 2.45) is 0 Å². The molecule has 0 aromatic heterocycles. The largest absolute Gasteiger partial charge is 0.339 e. The van der Waals surface area contributed by atoms with Crippen LogP contribution in [0.3, 0.4) is 0 Å². The molecule has 0 aliphatic heterocycles. The first kappa shape index (κ1) is 20.2. The molecule has 5 heteroatoms. The number of rotatable bonds is 5. The number of hydrogen-bond donors (Lipinski definition) is 2. The summed E-state index contributed by atoms with van der Waals surface area (Å²) in [5.41, 5.74) is 5.11. The van der Waals surface area contributed by atoms with Gasteiger partial charge < -0.3 is 15.5 Å². The van der Waals surface area contributed by atoms with Crippen LogP contribution in [0.25, 0.3) is 0 Å². The first-order valence-corrected chi connectivity index (χ1v) is 10.0. The molecule has 0 spiro atoms. The zero-order valence-electron chi connectivity index (χ0n) is 16.2. The van der Waals surface area contributed by atoms with Gasteiger partial charge in [-0.2, -0.15) is 0 Å². The average molecular weight is 410 g/mol. The molecule has 0 aliphatic rings. The molecule has 144 valence electrons. The highest BCUT2D eigenvalue weighted by Crippen LogP contribution is 2.29. The maximum atomic E-state index is 6.17. The fraction of sp³-hybridized carbons (Fsp3) is 0.174. The molecule has 0 atom stereocenters. The molecule has 0 bridgehead atoms. The van der Waals surface area contributed by atoms with E-state index in [9.17, 15) is 0 Å². The Balaban J connectivity index is 1.71. The molecular formula is C23H24ClN3S. The number of anilines is 4. The van der Waals surface area contributed by atoms with E-state index < -0.39 is 0 Å². The first-order valence-electron chi connectivity index (χ1n) is 9.23. The molecule has 0 amide bonds. The molecule has 28 heavy (non-hydrogen) atoms. The van der Waals surface area contributed by atoms with Gasteiger partial charge >= 0.3 is 0 Å². The van der Waals surface area contributed by atoms with Crippen molar-refractivity contribution in [2.45, 2.75) is 26.8 Å². The molecule has 0 saturated carbocycles. The van der Waals surface area contributed by atoms with Crippen molar-refractivity contribution >= 4 is 51.7 Å². The van der Waals surface area contributed by atoms with Crippen molar-refractivity contribution in [2.75, 3.05) is 15.5 Å². The maximum Gasteiger partial charge on any atom is 0.175 e. The fourth-order valence-electron chi connectivity index (χ4n) is 3.07. The van der Waals surface area contributed by atoms with Gasteiger partial charge in [0.25, 0.3) is 0 Å². The van der Waals surface area contributed by atoms with Crippen LogP contribution in [0.5, 0.6) is 0 Å². The molecule has 2 N–H and O–H groups in total. The van der Waals surface area contributed by atoms with Crippen LogP contribution in [0.15, 0.2) is 72.8 Å². The summed E-state index contributed by atoms with van der Waals surface area (Å²) in [7, 11) is 0. The van der Waals surface area contributed by atoms with Gasteiger partial charge in [-0.3, -0.25) is 0 Å². The van der Waals surface area contributed by atoms with E-state index in [1.165, 1.54) is 5.69 Å². The smallest absolute Gasteiger partial charge is 0.175 e. The monoisotopic (exact) mass is 409 g/mol. The standard InChI is InChI=1S/C23H24ClN3S/c1-16(2)27(19-8-5-4-6-9-19)20-14-12-18(13-15-20)25-23(28)26-22-11-7-10-21(24)17(22)3/h4-16H,1-3H3,(H2,25,26,28). The minimum Gasteiger partial charge on any atom is -0.339 e. The predicted octanol–water partition coefficient (Wildman–Crippen LogP) is 7.00. The van der Waals surface area contributed by atoms with Crippen LogP contribution in [-0.4, -0.2) is 11.2 Å². The van der Waals surface area contributed by atoms with E-state index >= 15 is 0 Å². The minimum atomic E-state index is 0.342. The Bertz CT molecular complexity index is 940. The molecule has 3 aromatic carbocycles. The number of halogens is 1. The van der Waals surface area contributed by atoms with Crippen molar-refractivity contribution in [3.05, 3.63) is 83.4 Å². The second-order valence-electron chi connectivity index (χ2n) is 6.84.